The van der Waals surface area contributed by atoms with Crippen molar-refractivity contribution >= 4 is 49.4 Å². The van der Waals surface area contributed by atoms with Crippen LogP contribution in [-0.4, -0.2) is 100 Å². The number of fused-ring (bicyclic) bond motifs is 4. The maximum Gasteiger partial charge on any atom is 0.276 e. The molecule has 62 heavy (non-hydrogen) atoms. The number of hydrogen-bond acceptors (Lipinski definition) is 17. The number of ketones is 2. The fraction of sp³-hybridized carbons (Fsp3) is 0.279. The molecule has 0 bridgehead atoms. The maximum atomic E-state index is 14.1. The number of phenols is 3. The zero-order chi connectivity index (χ0) is 44.2. The molecule has 2 unspecified atom stereocenters. The van der Waals surface area contributed by atoms with Gasteiger partial charge in [-0.05, 0) is 54.8 Å². The number of methoxy groups -OCH3 is 1. The number of aliphatic hydroxyl groups excluding tert-OH is 2. The van der Waals surface area contributed by atoms with E-state index in [1.54, 1.807) is 37.3 Å². The quantitative estimate of drug-likeness (QED) is 0.0418. The highest BCUT2D eigenvalue weighted by molar-refractivity contribution is 7.89. The highest BCUT2D eigenvalue weighted by atomic mass is 32.2. The molecule has 6 atom stereocenters. The molecule has 1 fully saturated rings. The Bertz CT molecular complexity index is 2810. The van der Waals surface area contributed by atoms with E-state index < -0.39 is 106 Å². The lowest BCUT2D eigenvalue weighted by Crippen LogP contribution is -2.53. The van der Waals surface area contributed by atoms with Gasteiger partial charge in [-0.3, -0.25) is 9.59 Å². The van der Waals surface area contributed by atoms with Gasteiger partial charge in [0.15, 0.2) is 12.1 Å². The number of aromatic hydroxyl groups is 3. The van der Waals surface area contributed by atoms with Gasteiger partial charge in [-0.25, -0.2) is 0 Å². The van der Waals surface area contributed by atoms with Crippen molar-refractivity contribution in [2.24, 2.45) is 21.1 Å². The van der Waals surface area contributed by atoms with E-state index in [4.69, 9.17) is 19.9 Å². The highest BCUT2D eigenvalue weighted by Crippen LogP contribution is 2.53. The Morgan fingerprint density at radius 3 is 2.40 bits per heavy atom. The second-order valence-electron chi connectivity index (χ2n) is 15.3. The number of carbonyl (C=O) groups excluding carboxylic acids is 2. The maximum absolute atomic E-state index is 14.1. The van der Waals surface area contributed by atoms with E-state index in [0.717, 1.165) is 0 Å². The highest BCUT2D eigenvalue weighted by Gasteiger charge is 2.49. The van der Waals surface area contributed by atoms with Crippen molar-refractivity contribution in [2.45, 2.75) is 67.3 Å². The zero-order valence-electron chi connectivity index (χ0n) is 33.1. The Kier molecular flexibility index (Phi) is 11.1. The third-order valence-corrected chi connectivity index (χ3v) is 12.5. The van der Waals surface area contributed by atoms with E-state index in [1.165, 1.54) is 55.6 Å². The molecule has 3 aliphatic rings. The van der Waals surface area contributed by atoms with Gasteiger partial charge in [-0.1, -0.05) is 36.4 Å². The van der Waals surface area contributed by atoms with Crippen LogP contribution in [0.2, 0.25) is 0 Å². The number of aliphatic hydroxyl groups is 3. The predicted octanol–water partition coefficient (Wildman–Crippen LogP) is 4.04. The molecule has 322 valence electrons. The summed E-state index contributed by atoms with van der Waals surface area (Å²) in [5.41, 5.74) is 1.97. The van der Waals surface area contributed by atoms with E-state index >= 15 is 0 Å². The van der Waals surface area contributed by atoms with E-state index in [2.05, 4.69) is 20.2 Å². The molecular formula is C43H41N5O13S. The Balaban J connectivity index is 1.20. The number of nitrogens with two attached hydrogens (primary N) is 1. The van der Waals surface area contributed by atoms with Crippen molar-refractivity contribution in [1.82, 2.24) is 4.83 Å². The van der Waals surface area contributed by atoms with Crippen molar-refractivity contribution in [1.29, 1.82) is 0 Å². The van der Waals surface area contributed by atoms with Gasteiger partial charge in [-0.2, -0.15) is 23.5 Å². The largest absolute Gasteiger partial charge is 0.508 e. The molecule has 0 spiro atoms. The summed E-state index contributed by atoms with van der Waals surface area (Å²) in [6, 6.07) is 18.8. The number of hydrazone groups is 1. The van der Waals surface area contributed by atoms with Gasteiger partial charge < -0.3 is 50.6 Å². The average molecular weight is 868 g/mol. The van der Waals surface area contributed by atoms with E-state index in [-0.39, 0.29) is 50.8 Å². The SMILES string of the molecule is COc1cccc2c1C(=O)c1c(O)c3c(c(O)c1C2=O)C[C@](O)(/C(CO)=N/NS(=O)(=O)c1cc(N=Nc2ccccc2)c2cc(O)ccc2c1)C[C@@H]3O[C@H]1CC(N)[C@H](O)C(C)O1. The molecule has 0 saturated carbocycles. The number of azo groups is 1. The van der Waals surface area contributed by atoms with E-state index in [0.29, 0.717) is 16.5 Å². The zero-order valence-corrected chi connectivity index (χ0v) is 33.9. The van der Waals surface area contributed by atoms with Crippen molar-refractivity contribution in [2.75, 3.05) is 13.7 Å². The Morgan fingerprint density at radius 2 is 1.69 bits per heavy atom. The second-order valence-corrected chi connectivity index (χ2v) is 16.9. The van der Waals surface area contributed by atoms with Crippen LogP contribution in [0.15, 0.2) is 99.1 Å². The molecule has 5 aromatic carbocycles. The molecule has 1 heterocycles. The smallest absolute Gasteiger partial charge is 0.276 e. The summed E-state index contributed by atoms with van der Waals surface area (Å²) in [6.45, 7) is 0.502. The lowest BCUT2D eigenvalue weighted by atomic mass is 9.71. The minimum absolute atomic E-state index is 0.0458. The molecule has 0 amide bonds. The number of phenolic OH excluding ortho intramolecular Hbond substituents is 3. The summed E-state index contributed by atoms with van der Waals surface area (Å²) >= 11 is 0. The van der Waals surface area contributed by atoms with Crippen LogP contribution in [0.1, 0.15) is 68.8 Å². The van der Waals surface area contributed by atoms with Crippen molar-refractivity contribution in [3.63, 3.8) is 0 Å². The van der Waals surface area contributed by atoms with Crippen molar-refractivity contribution in [3.8, 4) is 23.0 Å². The minimum Gasteiger partial charge on any atom is -0.508 e. The third-order valence-electron chi connectivity index (χ3n) is 11.4. The summed E-state index contributed by atoms with van der Waals surface area (Å²) < 4.78 is 45.4. The molecule has 1 saturated heterocycles. The molecule has 1 aliphatic heterocycles. The third kappa shape index (κ3) is 7.42. The Labute approximate surface area is 353 Å². The van der Waals surface area contributed by atoms with Crippen LogP contribution in [0, 0.1) is 0 Å². The second kappa shape index (κ2) is 16.2. The summed E-state index contributed by atoms with van der Waals surface area (Å²) in [7, 11) is -3.32. The van der Waals surface area contributed by atoms with E-state index in [1.807, 2.05) is 0 Å². The van der Waals surface area contributed by atoms with Crippen molar-refractivity contribution in [3.05, 3.63) is 112 Å². The van der Waals surface area contributed by atoms with Gasteiger partial charge in [0.1, 0.15) is 28.6 Å². The first-order valence-electron chi connectivity index (χ1n) is 19.3. The molecule has 0 radical (unpaired) electrons. The standard InChI is InChI=1S/C43H41N5O13S/c1-20-38(51)28(44)16-33(60-20)61-31-18-43(56,17-27-35(31)42(55)37-36(40(27)53)39(52)25-9-6-10-30(59-2)34(25)41(37)54)32(19-49)47-48-62(57,58)24-13-21-11-12-23(50)14-26(21)29(15-24)46-45-22-7-4-3-5-8-22/h3-15,20,28,31,33,38,48-51,53,55-56H,16-19,44H2,1-2H3/b46-45?,47-32+/t20?,28?,31-,33-,38+,43+/m0/s1. The van der Waals surface area contributed by atoms with Crippen LogP contribution in [0.25, 0.3) is 10.8 Å². The molecule has 5 aromatic rings. The number of ether oxygens (including phenoxy) is 3. The first-order valence-corrected chi connectivity index (χ1v) is 20.8. The van der Waals surface area contributed by atoms with Crippen LogP contribution in [-0.2, 0) is 25.9 Å². The summed E-state index contributed by atoms with van der Waals surface area (Å²) in [6.07, 6.45) is -5.90. The fourth-order valence-corrected chi connectivity index (χ4v) is 9.09. The van der Waals surface area contributed by atoms with Crippen LogP contribution in [0.4, 0.5) is 11.4 Å². The summed E-state index contributed by atoms with van der Waals surface area (Å²) in [4.78, 5) is 29.8. The molecule has 8 rings (SSSR count). The fourth-order valence-electron chi connectivity index (χ4n) is 8.21. The van der Waals surface area contributed by atoms with Crippen LogP contribution in [0.3, 0.4) is 0 Å². The normalized spacial score (nSPS) is 23.8. The molecular weight excluding hydrogens is 827 g/mol. The molecule has 2 aliphatic carbocycles. The van der Waals surface area contributed by atoms with Crippen LogP contribution >= 0.6 is 0 Å². The summed E-state index contributed by atoms with van der Waals surface area (Å²) in [5.74, 6) is -3.25. The van der Waals surface area contributed by atoms with Crippen molar-refractivity contribution < 1.29 is 62.9 Å². The number of benzene rings is 5. The molecule has 18 nitrogen and oxygen atoms in total. The molecule has 0 aromatic heterocycles. The van der Waals surface area contributed by atoms with Gasteiger partial charge >= 0.3 is 0 Å². The predicted molar refractivity (Wildman–Crippen MR) is 221 cm³/mol. The van der Waals surface area contributed by atoms with Gasteiger partial charge in [0.25, 0.3) is 10.0 Å². The Morgan fingerprint density at radius 1 is 0.952 bits per heavy atom. The molecule has 9 N–H and O–H groups in total. The van der Waals surface area contributed by atoms with Crippen LogP contribution in [0.5, 0.6) is 23.0 Å². The number of rotatable bonds is 10. The van der Waals surface area contributed by atoms with E-state index in [9.17, 15) is 48.6 Å². The van der Waals surface area contributed by atoms with Gasteiger partial charge in [0, 0.05) is 47.4 Å². The van der Waals surface area contributed by atoms with Gasteiger partial charge in [-0.15, -0.1) is 5.11 Å². The number of hydrogen-bond donors (Lipinski definition) is 8. The lowest BCUT2D eigenvalue weighted by molar-refractivity contribution is -0.245. The monoisotopic (exact) mass is 867 g/mol. The topological polar surface area (TPSA) is 292 Å². The average Bonchev–Trinajstić information content (AvgIpc) is 3.25. The Hall–Kier alpha value is -6.32. The minimum atomic E-state index is -4.62. The first kappa shape index (κ1) is 42.4. The number of nitrogens with one attached hydrogen (secondary N) is 1. The van der Waals surface area contributed by atoms with Gasteiger partial charge in [0.05, 0.1) is 70.7 Å². The molecule has 19 heteroatoms. The summed E-state index contributed by atoms with van der Waals surface area (Å²) in [5, 5.41) is 80.8. The van der Waals surface area contributed by atoms with Gasteiger partial charge in [0.2, 0.25) is 5.78 Å². The number of nitrogens with zero attached hydrogens (tertiary/aromatic N) is 3. The first-order chi connectivity index (χ1) is 29.5. The number of carbonyl (C=O) groups is 2. The van der Waals surface area contributed by atoms with Crippen LogP contribution < -0.4 is 15.3 Å². The lowest BCUT2D eigenvalue weighted by Gasteiger charge is -2.43. The number of sulfonamides is 1.